The maximum atomic E-state index is 11.6. The number of nitrogens with one attached hydrogen (secondary N) is 1. The van der Waals surface area contributed by atoms with Gasteiger partial charge in [-0.05, 0) is 30.7 Å². The van der Waals surface area contributed by atoms with Gasteiger partial charge in [0.05, 0.1) is 10.6 Å². The van der Waals surface area contributed by atoms with Crippen molar-refractivity contribution in [3.05, 3.63) is 29.8 Å². The molecule has 1 rings (SSSR count). The molecule has 5 heteroatoms. The van der Waals surface area contributed by atoms with Crippen LogP contribution in [0.4, 0.5) is 0 Å². The molecule has 3 nitrogen and oxygen atoms in total. The Labute approximate surface area is 103 Å². The molecule has 0 saturated carbocycles. The van der Waals surface area contributed by atoms with Crippen LogP contribution in [0.2, 0.25) is 0 Å². The molecule has 0 aliphatic rings. The number of hydrogen-bond donors (Lipinski definition) is 2. The lowest BCUT2D eigenvalue weighted by molar-refractivity contribution is 0.597. The van der Waals surface area contributed by atoms with Crippen LogP contribution in [0.1, 0.15) is 12.5 Å². The Kier molecular flexibility index (Phi) is 5.31. The predicted octanol–water partition coefficient (Wildman–Crippen LogP) is 1.50. The van der Waals surface area contributed by atoms with Gasteiger partial charge in [0.1, 0.15) is 0 Å². The van der Waals surface area contributed by atoms with Gasteiger partial charge in [0.2, 0.25) is 0 Å². The molecule has 0 aliphatic heterocycles. The monoisotopic (exact) mass is 259 g/mol. The number of rotatable bonds is 6. The van der Waals surface area contributed by atoms with Crippen molar-refractivity contribution in [2.45, 2.75) is 18.2 Å². The zero-order chi connectivity index (χ0) is 12.0. The fourth-order valence-corrected chi connectivity index (χ4v) is 2.38. The smallest absolute Gasteiger partial charge is 0.178 e. The second-order valence-electron chi connectivity index (χ2n) is 3.46. The molecule has 0 aliphatic carbocycles. The van der Waals surface area contributed by atoms with E-state index in [1.54, 1.807) is 19.1 Å². The van der Waals surface area contributed by atoms with Crippen LogP contribution in [-0.2, 0) is 16.3 Å². The van der Waals surface area contributed by atoms with Gasteiger partial charge in [-0.3, -0.25) is 0 Å². The third-order valence-corrected chi connectivity index (χ3v) is 4.34. The van der Waals surface area contributed by atoms with Crippen molar-refractivity contribution in [1.82, 2.24) is 5.32 Å². The van der Waals surface area contributed by atoms with Crippen molar-refractivity contribution in [3.8, 4) is 0 Å². The van der Waals surface area contributed by atoms with Crippen molar-refractivity contribution >= 4 is 22.5 Å². The molecule has 0 radical (unpaired) electrons. The van der Waals surface area contributed by atoms with E-state index in [1.165, 1.54) is 0 Å². The molecule has 0 saturated heterocycles. The van der Waals surface area contributed by atoms with Gasteiger partial charge in [0.15, 0.2) is 9.84 Å². The summed E-state index contributed by atoms with van der Waals surface area (Å²) >= 11 is 4.04. The summed E-state index contributed by atoms with van der Waals surface area (Å²) in [6.45, 7) is 2.50. The fraction of sp³-hybridized carbons (Fsp3) is 0.455. The maximum absolute atomic E-state index is 11.6. The van der Waals surface area contributed by atoms with Gasteiger partial charge >= 0.3 is 0 Å². The van der Waals surface area contributed by atoms with Crippen LogP contribution in [0.5, 0.6) is 0 Å². The highest BCUT2D eigenvalue weighted by Gasteiger charge is 2.10. The van der Waals surface area contributed by atoms with Crippen LogP contribution >= 0.6 is 12.6 Å². The summed E-state index contributed by atoms with van der Waals surface area (Å²) in [4.78, 5) is 0.404. The first kappa shape index (κ1) is 13.5. The Balaban J connectivity index is 2.68. The van der Waals surface area contributed by atoms with Crippen LogP contribution in [0.3, 0.4) is 0 Å². The van der Waals surface area contributed by atoms with E-state index in [2.05, 4.69) is 17.9 Å². The van der Waals surface area contributed by atoms with Crippen LogP contribution in [-0.4, -0.2) is 26.6 Å². The summed E-state index contributed by atoms with van der Waals surface area (Å²) in [5.41, 5.74) is 1.13. The van der Waals surface area contributed by atoms with Gasteiger partial charge in [-0.15, -0.1) is 0 Å². The summed E-state index contributed by atoms with van der Waals surface area (Å²) in [6, 6.07) is 7.08. The minimum absolute atomic E-state index is 0.146. The molecule has 0 heterocycles. The van der Waals surface area contributed by atoms with Crippen LogP contribution in [0.15, 0.2) is 29.2 Å². The number of benzene rings is 1. The third-order valence-electron chi connectivity index (χ3n) is 2.36. The highest BCUT2D eigenvalue weighted by Crippen LogP contribution is 2.12. The molecule has 0 unspecified atom stereocenters. The molecule has 0 fully saturated rings. The molecule has 0 atom stereocenters. The third kappa shape index (κ3) is 3.81. The van der Waals surface area contributed by atoms with Crippen molar-refractivity contribution in [3.63, 3.8) is 0 Å². The topological polar surface area (TPSA) is 46.2 Å². The van der Waals surface area contributed by atoms with Gasteiger partial charge in [0, 0.05) is 5.88 Å². The van der Waals surface area contributed by atoms with Crippen molar-refractivity contribution in [2.24, 2.45) is 0 Å². The average Bonchev–Trinajstić information content (AvgIpc) is 2.30. The van der Waals surface area contributed by atoms with E-state index < -0.39 is 9.84 Å². The second-order valence-corrected chi connectivity index (χ2v) is 6.05. The first-order valence-electron chi connectivity index (χ1n) is 5.23. The minimum atomic E-state index is -3.07. The molecule has 1 aromatic carbocycles. The molecule has 0 bridgehead atoms. The fourth-order valence-electron chi connectivity index (χ4n) is 1.34. The normalized spacial score (nSPS) is 11.6. The Morgan fingerprint density at radius 1 is 1.25 bits per heavy atom. The zero-order valence-electron chi connectivity index (χ0n) is 9.31. The highest BCUT2D eigenvalue weighted by molar-refractivity contribution is 7.91. The zero-order valence-corrected chi connectivity index (χ0v) is 11.0. The summed E-state index contributed by atoms with van der Waals surface area (Å²) in [5, 5.41) is 3.10. The van der Waals surface area contributed by atoms with Crippen molar-refractivity contribution in [1.29, 1.82) is 0 Å². The molecular weight excluding hydrogens is 242 g/mol. The van der Waals surface area contributed by atoms with Crippen LogP contribution in [0.25, 0.3) is 0 Å². The van der Waals surface area contributed by atoms with Gasteiger partial charge in [-0.25, -0.2) is 8.42 Å². The second kappa shape index (κ2) is 6.27. The van der Waals surface area contributed by atoms with E-state index in [-0.39, 0.29) is 5.75 Å². The lowest BCUT2D eigenvalue weighted by Crippen LogP contribution is -2.14. The molecule has 1 N–H and O–H groups in total. The molecule has 0 amide bonds. The Hall–Kier alpha value is -0.520. The first-order valence-corrected chi connectivity index (χ1v) is 7.52. The molecule has 0 aromatic heterocycles. The summed E-state index contributed by atoms with van der Waals surface area (Å²) in [6.07, 6.45) is 0.882. The van der Waals surface area contributed by atoms with E-state index in [9.17, 15) is 8.42 Å². The SMILES string of the molecule is CCS(=O)(=O)c1ccc(CCNCS)cc1. The average molecular weight is 259 g/mol. The number of thiol groups is 1. The number of sulfone groups is 1. The molecule has 16 heavy (non-hydrogen) atoms. The van der Waals surface area contributed by atoms with Crippen LogP contribution < -0.4 is 5.32 Å². The maximum Gasteiger partial charge on any atom is 0.178 e. The minimum Gasteiger partial charge on any atom is -0.308 e. The highest BCUT2D eigenvalue weighted by atomic mass is 32.2. The van der Waals surface area contributed by atoms with E-state index in [0.717, 1.165) is 18.5 Å². The van der Waals surface area contributed by atoms with Crippen molar-refractivity contribution in [2.75, 3.05) is 18.2 Å². The molecule has 90 valence electrons. The van der Waals surface area contributed by atoms with Gasteiger partial charge in [-0.2, -0.15) is 12.6 Å². The summed E-state index contributed by atoms with van der Waals surface area (Å²) in [7, 11) is -3.07. The quantitative estimate of drug-likeness (QED) is 0.462. The largest absolute Gasteiger partial charge is 0.308 e. The van der Waals surface area contributed by atoms with Gasteiger partial charge < -0.3 is 5.32 Å². The predicted molar refractivity (Wildman–Crippen MR) is 69.7 cm³/mol. The standard InChI is InChI=1S/C11H17NO2S2/c1-2-16(13,14)11-5-3-10(4-6-11)7-8-12-9-15/h3-6,12,15H,2,7-9H2,1H3. The summed E-state index contributed by atoms with van der Waals surface area (Å²) in [5.74, 6) is 0.801. The van der Waals surface area contributed by atoms with Crippen molar-refractivity contribution < 1.29 is 8.42 Å². The van der Waals surface area contributed by atoms with Gasteiger partial charge in [0.25, 0.3) is 0 Å². The van der Waals surface area contributed by atoms with E-state index in [0.29, 0.717) is 10.8 Å². The Morgan fingerprint density at radius 3 is 2.38 bits per heavy atom. The lowest BCUT2D eigenvalue weighted by Gasteiger charge is -2.04. The summed E-state index contributed by atoms with van der Waals surface area (Å²) < 4.78 is 23.1. The van der Waals surface area contributed by atoms with E-state index >= 15 is 0 Å². The molecule has 1 aromatic rings. The molecule has 0 spiro atoms. The number of hydrogen-bond acceptors (Lipinski definition) is 4. The van der Waals surface area contributed by atoms with E-state index in [4.69, 9.17) is 0 Å². The van der Waals surface area contributed by atoms with Crippen LogP contribution in [0, 0.1) is 0 Å². The first-order chi connectivity index (χ1) is 7.60. The Morgan fingerprint density at radius 2 is 1.88 bits per heavy atom. The molecular formula is C11H17NO2S2. The van der Waals surface area contributed by atoms with E-state index in [1.807, 2.05) is 12.1 Å². The lowest BCUT2D eigenvalue weighted by atomic mass is 10.1. The Bertz CT molecular complexity index is 412. The van der Waals surface area contributed by atoms with Gasteiger partial charge in [-0.1, -0.05) is 19.1 Å².